The van der Waals surface area contributed by atoms with Crippen LogP contribution in [0.3, 0.4) is 0 Å². The van der Waals surface area contributed by atoms with Crippen LogP contribution in [0.2, 0.25) is 0 Å². The summed E-state index contributed by atoms with van der Waals surface area (Å²) in [5.74, 6) is -0.821. The SMILES string of the molecule is CC/C=C\C/C=C\C/C=C\C/C=C\C/C=C\C/C=C\C/C=C\C/C=C\C/C=C\C/C=C\CCCCCCC(=O)OC(COC(=O)CCCCCCCCCCCCCCCCCCCCCCCCCCCCCCCCCCCC)COP(=O)(O)OCC[N+](C)(C)C. The van der Waals surface area contributed by atoms with E-state index >= 15 is 0 Å². The second-order valence-electron chi connectivity index (χ2n) is 27.0. The van der Waals surface area contributed by atoms with Crippen molar-refractivity contribution in [3.05, 3.63) is 122 Å². The number of rotatable bonds is 71. The number of carbonyl (C=O) groups is 2. The molecule has 0 aliphatic heterocycles. The monoisotopic (exact) mass is 1320 g/mol. The molecule has 0 aromatic carbocycles. The Morgan fingerprint density at radius 3 is 0.914 bits per heavy atom. The van der Waals surface area contributed by atoms with Crippen LogP contribution in [0.5, 0.6) is 0 Å². The van der Waals surface area contributed by atoms with Crippen LogP contribution in [0.25, 0.3) is 0 Å². The maximum Gasteiger partial charge on any atom is 0.472 e. The first-order valence-electron chi connectivity index (χ1n) is 38.8. The van der Waals surface area contributed by atoms with Crippen molar-refractivity contribution < 1.29 is 42.1 Å². The largest absolute Gasteiger partial charge is 0.472 e. The molecule has 1 N–H and O–H groups in total. The summed E-state index contributed by atoms with van der Waals surface area (Å²) in [4.78, 5) is 35.9. The lowest BCUT2D eigenvalue weighted by Crippen LogP contribution is -2.37. The number of carbonyl (C=O) groups excluding carboxylic acids is 2. The Balaban J connectivity index is 4.07. The molecule has 0 spiro atoms. The normalized spacial score (nSPS) is 13.7. The van der Waals surface area contributed by atoms with Crippen LogP contribution >= 0.6 is 7.82 Å². The molecule has 0 saturated carbocycles. The number of nitrogens with zero attached hydrogens (tertiary/aromatic N) is 1. The number of quaternary nitrogens is 1. The van der Waals surface area contributed by atoms with Crippen molar-refractivity contribution >= 4 is 19.8 Å². The van der Waals surface area contributed by atoms with Gasteiger partial charge in [-0.05, 0) is 89.9 Å². The summed E-state index contributed by atoms with van der Waals surface area (Å²) in [6, 6.07) is 0. The predicted molar refractivity (Wildman–Crippen MR) is 404 cm³/mol. The Labute approximate surface area is 575 Å². The van der Waals surface area contributed by atoms with E-state index in [1.54, 1.807) is 0 Å². The molecule has 10 heteroatoms. The maximum absolute atomic E-state index is 12.9. The molecule has 0 fully saturated rings. The fourth-order valence-electron chi connectivity index (χ4n) is 10.9. The van der Waals surface area contributed by atoms with Crippen molar-refractivity contribution in [1.29, 1.82) is 0 Å². The first-order chi connectivity index (χ1) is 45.5. The van der Waals surface area contributed by atoms with Crippen molar-refractivity contribution in [2.75, 3.05) is 47.5 Å². The van der Waals surface area contributed by atoms with Gasteiger partial charge < -0.3 is 18.9 Å². The molecule has 0 aliphatic rings. The second kappa shape index (κ2) is 72.7. The number of phosphoric acid groups is 1. The van der Waals surface area contributed by atoms with E-state index in [9.17, 15) is 19.0 Å². The number of unbranched alkanes of at least 4 members (excludes halogenated alkanes) is 37. The molecule has 0 radical (unpaired) electrons. The summed E-state index contributed by atoms with van der Waals surface area (Å²) in [6.45, 7) is 4.32. The Hall–Kier alpha value is -3.59. The average Bonchev–Trinajstić information content (AvgIpc) is 2.44. The molecule has 93 heavy (non-hydrogen) atoms. The zero-order valence-corrected chi connectivity index (χ0v) is 62.1. The Morgan fingerprint density at radius 1 is 0.344 bits per heavy atom. The molecule has 0 aromatic heterocycles. The van der Waals surface area contributed by atoms with Gasteiger partial charge in [-0.15, -0.1) is 0 Å². The molecule has 2 unspecified atom stereocenters. The van der Waals surface area contributed by atoms with Crippen LogP contribution in [0, 0.1) is 0 Å². The van der Waals surface area contributed by atoms with Gasteiger partial charge in [-0.25, -0.2) is 4.57 Å². The van der Waals surface area contributed by atoms with E-state index in [0.29, 0.717) is 17.4 Å². The Kier molecular flexibility index (Phi) is 69.9. The zero-order valence-electron chi connectivity index (χ0n) is 61.2. The summed E-state index contributed by atoms with van der Waals surface area (Å²) < 4.78 is 34.7. The van der Waals surface area contributed by atoms with Gasteiger partial charge >= 0.3 is 19.8 Å². The average molecular weight is 1320 g/mol. The topological polar surface area (TPSA) is 108 Å². The second-order valence-corrected chi connectivity index (χ2v) is 28.5. The fourth-order valence-corrected chi connectivity index (χ4v) is 11.6. The van der Waals surface area contributed by atoms with Gasteiger partial charge in [0.05, 0.1) is 27.7 Å². The molecule has 0 saturated heterocycles. The van der Waals surface area contributed by atoms with E-state index < -0.39 is 26.5 Å². The number of hydrogen-bond donors (Lipinski definition) is 1. The van der Waals surface area contributed by atoms with Crippen LogP contribution in [0.15, 0.2) is 122 Å². The number of esters is 2. The molecule has 0 aliphatic carbocycles. The molecule has 0 heterocycles. The van der Waals surface area contributed by atoms with Crippen LogP contribution in [-0.2, 0) is 32.7 Å². The molecular weight excluding hydrogens is 1170 g/mol. The molecule has 0 bridgehead atoms. The maximum atomic E-state index is 12.9. The third-order valence-corrected chi connectivity index (χ3v) is 17.7. The number of hydrogen-bond acceptors (Lipinski definition) is 7. The minimum Gasteiger partial charge on any atom is -0.462 e. The highest BCUT2D eigenvalue weighted by Crippen LogP contribution is 2.43. The van der Waals surface area contributed by atoms with E-state index in [2.05, 4.69) is 135 Å². The lowest BCUT2D eigenvalue weighted by atomic mass is 10.0. The quantitative estimate of drug-likeness (QED) is 0.0211. The highest BCUT2D eigenvalue weighted by molar-refractivity contribution is 7.47. The van der Waals surface area contributed by atoms with E-state index in [4.69, 9.17) is 18.5 Å². The minimum atomic E-state index is -4.41. The van der Waals surface area contributed by atoms with Gasteiger partial charge in [-0.3, -0.25) is 18.6 Å². The lowest BCUT2D eigenvalue weighted by Gasteiger charge is -2.24. The summed E-state index contributed by atoms with van der Waals surface area (Å²) >= 11 is 0. The predicted octanol–water partition coefficient (Wildman–Crippen LogP) is 25.8. The first kappa shape index (κ1) is 89.4. The van der Waals surface area contributed by atoms with Crippen molar-refractivity contribution in [1.82, 2.24) is 0 Å². The standard InChI is InChI=1S/C83H146NO8P/c1-6-8-10-12-14-16-18-20-22-24-26-28-30-32-34-36-38-40-42-44-46-48-50-52-54-56-58-60-62-64-66-68-70-72-74-76-83(86)92-81(80-91-93(87,88)90-78-77-84(3,4)5)79-89-82(85)75-73-71-69-67-65-63-61-59-57-55-53-51-49-47-45-43-41-39-37-35-33-31-29-27-25-23-21-19-17-15-13-11-9-7-2/h8,10,14,16,20,22,26,28,32,34,38,40,44,46,50,52,56,58,62,64,81H,6-7,9,11-13,15,17-19,21,23-25,27,29-31,33,35-37,39,41-43,45,47-49,51,53-55,57,59-61,63,65-80H2,1-5H3/p+1/b10-8-,16-14-,22-20-,28-26-,34-32-,40-38-,46-44-,52-50-,58-56-,64-62-. The first-order valence-corrected chi connectivity index (χ1v) is 40.3. The molecule has 0 rings (SSSR count). The van der Waals surface area contributed by atoms with E-state index in [0.717, 1.165) is 109 Å². The van der Waals surface area contributed by atoms with Crippen molar-refractivity contribution in [2.45, 2.75) is 347 Å². The van der Waals surface area contributed by atoms with Gasteiger partial charge in [0.2, 0.25) is 0 Å². The summed E-state index contributed by atoms with van der Waals surface area (Å²) in [5.41, 5.74) is 0. The smallest absolute Gasteiger partial charge is 0.462 e. The van der Waals surface area contributed by atoms with Gasteiger partial charge in [0, 0.05) is 12.8 Å². The van der Waals surface area contributed by atoms with E-state index in [1.807, 2.05) is 21.1 Å². The van der Waals surface area contributed by atoms with Gasteiger partial charge in [0.25, 0.3) is 0 Å². The highest BCUT2D eigenvalue weighted by Gasteiger charge is 2.27. The summed E-state index contributed by atoms with van der Waals surface area (Å²) in [7, 11) is 1.46. The highest BCUT2D eigenvalue weighted by atomic mass is 31.2. The van der Waals surface area contributed by atoms with Crippen LogP contribution in [-0.4, -0.2) is 74.9 Å². The van der Waals surface area contributed by atoms with Crippen LogP contribution in [0.1, 0.15) is 341 Å². The number of ether oxygens (including phenoxy) is 2. The van der Waals surface area contributed by atoms with Crippen LogP contribution in [0.4, 0.5) is 0 Å². The van der Waals surface area contributed by atoms with Gasteiger partial charge in [-0.2, -0.15) is 0 Å². The third kappa shape index (κ3) is 77.3. The van der Waals surface area contributed by atoms with Crippen LogP contribution < -0.4 is 0 Å². The molecule has 9 nitrogen and oxygen atoms in total. The van der Waals surface area contributed by atoms with E-state index in [1.165, 1.54) is 199 Å². The number of likely N-dealkylation sites (N-methyl/N-ethyl adjacent to an activating group) is 1. The Morgan fingerprint density at radius 2 is 0.613 bits per heavy atom. The molecule has 2 atom stereocenters. The number of allylic oxidation sites excluding steroid dienone is 20. The third-order valence-electron chi connectivity index (χ3n) is 16.8. The number of phosphoric ester groups is 1. The summed E-state index contributed by atoms with van der Waals surface area (Å²) in [5, 5.41) is 0. The Bertz CT molecular complexity index is 1990. The molecule has 0 aromatic rings. The molecule has 536 valence electrons. The van der Waals surface area contributed by atoms with Gasteiger partial charge in [-0.1, -0.05) is 360 Å². The van der Waals surface area contributed by atoms with Crippen molar-refractivity contribution in [3.63, 3.8) is 0 Å². The van der Waals surface area contributed by atoms with Crippen molar-refractivity contribution in [3.8, 4) is 0 Å². The lowest BCUT2D eigenvalue weighted by molar-refractivity contribution is -0.870. The van der Waals surface area contributed by atoms with E-state index in [-0.39, 0.29) is 32.0 Å². The van der Waals surface area contributed by atoms with Gasteiger partial charge in [0.1, 0.15) is 19.8 Å². The summed E-state index contributed by atoms with van der Waals surface area (Å²) in [6.07, 6.45) is 105. The van der Waals surface area contributed by atoms with Crippen molar-refractivity contribution in [2.24, 2.45) is 0 Å². The van der Waals surface area contributed by atoms with Gasteiger partial charge in [0.15, 0.2) is 6.10 Å². The molecular formula is C83H147NO8P+. The fraction of sp³-hybridized carbons (Fsp3) is 0.735. The molecule has 0 amide bonds. The minimum absolute atomic E-state index is 0.0217. The zero-order chi connectivity index (χ0) is 67.6.